The van der Waals surface area contributed by atoms with Crippen LogP contribution in [0.3, 0.4) is 0 Å². The molecule has 0 aliphatic carbocycles. The predicted molar refractivity (Wildman–Crippen MR) is 60.9 cm³/mol. The molecule has 0 heterocycles. The predicted octanol–water partition coefficient (Wildman–Crippen LogP) is -0.188. The fraction of sp³-hybridized carbons (Fsp3) is 0.800. The van der Waals surface area contributed by atoms with Gasteiger partial charge in [-0.1, -0.05) is 0 Å². The van der Waals surface area contributed by atoms with E-state index >= 15 is 0 Å². The number of urea groups is 1. The first-order chi connectivity index (χ1) is 7.90. The van der Waals surface area contributed by atoms with Crippen LogP contribution in [0.15, 0.2) is 0 Å². The number of nitrogens with one attached hydrogen (secondary N) is 2. The molecule has 0 aromatic heterocycles. The second-order valence-electron chi connectivity index (χ2n) is 3.92. The molecule has 3 N–H and O–H groups in total. The fourth-order valence-electron chi connectivity index (χ4n) is 0.863. The van der Waals surface area contributed by atoms with E-state index in [4.69, 9.17) is 14.6 Å². The van der Waals surface area contributed by atoms with Gasteiger partial charge in [0.1, 0.15) is 5.54 Å². The number of rotatable bonds is 8. The first-order valence-corrected chi connectivity index (χ1v) is 5.26. The molecule has 0 atom stereocenters. The molecule has 100 valence electrons. The lowest BCUT2D eigenvalue weighted by Gasteiger charge is -2.21. The molecule has 0 saturated carbocycles. The highest BCUT2D eigenvalue weighted by molar-refractivity contribution is 5.85. The molecule has 0 fully saturated rings. The van der Waals surface area contributed by atoms with E-state index in [0.29, 0.717) is 26.4 Å². The smallest absolute Gasteiger partial charge is 0.328 e. The number of amides is 2. The van der Waals surface area contributed by atoms with Crippen molar-refractivity contribution in [2.75, 3.05) is 33.5 Å². The summed E-state index contributed by atoms with van der Waals surface area (Å²) in [4.78, 5) is 22.0. The summed E-state index contributed by atoms with van der Waals surface area (Å²) in [5.74, 6) is -1.09. The average Bonchev–Trinajstić information content (AvgIpc) is 2.22. The zero-order chi connectivity index (χ0) is 13.3. The molecule has 0 aliphatic rings. The molecule has 0 bridgehead atoms. The Morgan fingerprint density at radius 2 is 1.88 bits per heavy atom. The van der Waals surface area contributed by atoms with Crippen LogP contribution in [0.4, 0.5) is 4.79 Å². The lowest BCUT2D eigenvalue weighted by atomic mass is 10.1. The third kappa shape index (κ3) is 7.53. The minimum Gasteiger partial charge on any atom is -0.480 e. The van der Waals surface area contributed by atoms with Gasteiger partial charge in [0.15, 0.2) is 0 Å². The van der Waals surface area contributed by atoms with Crippen molar-refractivity contribution < 1.29 is 24.2 Å². The van der Waals surface area contributed by atoms with E-state index in [2.05, 4.69) is 10.6 Å². The largest absolute Gasteiger partial charge is 0.480 e. The van der Waals surface area contributed by atoms with Gasteiger partial charge >= 0.3 is 12.0 Å². The lowest BCUT2D eigenvalue weighted by molar-refractivity contribution is -0.142. The molecular weight excluding hydrogens is 228 g/mol. The van der Waals surface area contributed by atoms with Crippen molar-refractivity contribution in [3.63, 3.8) is 0 Å². The van der Waals surface area contributed by atoms with Crippen molar-refractivity contribution in [2.24, 2.45) is 0 Å². The molecule has 0 spiro atoms. The van der Waals surface area contributed by atoms with Gasteiger partial charge in [0.05, 0.1) is 19.8 Å². The number of carboxylic acid groups (broad SMARTS) is 1. The van der Waals surface area contributed by atoms with Gasteiger partial charge in [0.2, 0.25) is 0 Å². The van der Waals surface area contributed by atoms with Crippen molar-refractivity contribution >= 4 is 12.0 Å². The third-order valence-electron chi connectivity index (χ3n) is 1.92. The van der Waals surface area contributed by atoms with Gasteiger partial charge in [-0.2, -0.15) is 0 Å². The Morgan fingerprint density at radius 1 is 1.24 bits per heavy atom. The lowest BCUT2D eigenvalue weighted by Crippen LogP contribution is -2.53. The first-order valence-electron chi connectivity index (χ1n) is 5.26. The normalized spacial score (nSPS) is 11.0. The van der Waals surface area contributed by atoms with Crippen molar-refractivity contribution in [2.45, 2.75) is 19.4 Å². The zero-order valence-electron chi connectivity index (χ0n) is 10.4. The molecule has 0 saturated heterocycles. The first kappa shape index (κ1) is 15.7. The van der Waals surface area contributed by atoms with Crippen LogP contribution in [0, 0.1) is 0 Å². The minimum atomic E-state index is -1.29. The third-order valence-corrected chi connectivity index (χ3v) is 1.92. The number of ether oxygens (including phenoxy) is 2. The van der Waals surface area contributed by atoms with Crippen molar-refractivity contribution in [1.29, 1.82) is 0 Å². The van der Waals surface area contributed by atoms with Gasteiger partial charge in [-0.05, 0) is 13.8 Å². The quantitative estimate of drug-likeness (QED) is 0.517. The number of methoxy groups -OCH3 is 1. The average molecular weight is 248 g/mol. The molecule has 0 aliphatic heterocycles. The number of aliphatic carboxylic acids is 1. The van der Waals surface area contributed by atoms with Crippen LogP contribution in [0.2, 0.25) is 0 Å². The van der Waals surface area contributed by atoms with E-state index in [0.717, 1.165) is 0 Å². The number of carbonyl (C=O) groups excluding carboxylic acids is 1. The molecular formula is C10H20N2O5. The van der Waals surface area contributed by atoms with Gasteiger partial charge < -0.3 is 25.2 Å². The summed E-state index contributed by atoms with van der Waals surface area (Å²) < 4.78 is 9.89. The van der Waals surface area contributed by atoms with Crippen LogP contribution in [0.25, 0.3) is 0 Å². The monoisotopic (exact) mass is 248 g/mol. The van der Waals surface area contributed by atoms with Gasteiger partial charge in [0.25, 0.3) is 0 Å². The molecule has 7 heteroatoms. The maximum atomic E-state index is 11.3. The summed E-state index contributed by atoms with van der Waals surface area (Å²) in [6, 6.07) is -0.534. The summed E-state index contributed by atoms with van der Waals surface area (Å²) in [6.07, 6.45) is 0. The van der Waals surface area contributed by atoms with Crippen LogP contribution < -0.4 is 10.6 Å². The molecule has 2 amide bonds. The summed E-state index contributed by atoms with van der Waals surface area (Å²) >= 11 is 0. The Labute approximate surface area is 100 Å². The fourth-order valence-corrected chi connectivity index (χ4v) is 0.863. The molecule has 17 heavy (non-hydrogen) atoms. The van der Waals surface area contributed by atoms with E-state index in [1.54, 1.807) is 7.11 Å². The van der Waals surface area contributed by atoms with Crippen LogP contribution in [0.5, 0.6) is 0 Å². The maximum absolute atomic E-state index is 11.3. The van der Waals surface area contributed by atoms with Crippen molar-refractivity contribution in [3.05, 3.63) is 0 Å². The van der Waals surface area contributed by atoms with E-state index in [1.165, 1.54) is 13.8 Å². The van der Waals surface area contributed by atoms with Crippen LogP contribution >= 0.6 is 0 Å². The molecule has 0 aromatic rings. The number of carbonyl (C=O) groups is 2. The molecule has 7 nitrogen and oxygen atoms in total. The van der Waals surface area contributed by atoms with E-state index in [-0.39, 0.29) is 0 Å². The Kier molecular flexibility index (Phi) is 7.24. The maximum Gasteiger partial charge on any atom is 0.328 e. The zero-order valence-corrected chi connectivity index (χ0v) is 10.4. The van der Waals surface area contributed by atoms with Crippen LogP contribution in [-0.2, 0) is 14.3 Å². The van der Waals surface area contributed by atoms with Crippen molar-refractivity contribution in [1.82, 2.24) is 10.6 Å². The molecule has 0 radical (unpaired) electrons. The standard InChI is InChI=1S/C10H20N2O5/c1-10(2,8(13)14)12-9(15)11-4-5-17-7-6-16-3/h4-7H2,1-3H3,(H,13,14)(H2,11,12,15). The number of carboxylic acids is 1. The van der Waals surface area contributed by atoms with E-state index in [9.17, 15) is 9.59 Å². The van der Waals surface area contributed by atoms with Gasteiger partial charge in [-0.3, -0.25) is 0 Å². The highest BCUT2D eigenvalue weighted by Crippen LogP contribution is 2.00. The van der Waals surface area contributed by atoms with Gasteiger partial charge in [0, 0.05) is 13.7 Å². The van der Waals surface area contributed by atoms with E-state index < -0.39 is 17.5 Å². The van der Waals surface area contributed by atoms with Crippen LogP contribution in [0.1, 0.15) is 13.8 Å². The minimum absolute atomic E-state index is 0.311. The second-order valence-corrected chi connectivity index (χ2v) is 3.92. The Morgan fingerprint density at radius 3 is 2.41 bits per heavy atom. The Hall–Kier alpha value is -1.34. The molecule has 0 aromatic carbocycles. The molecule has 0 rings (SSSR count). The van der Waals surface area contributed by atoms with Gasteiger partial charge in [-0.15, -0.1) is 0 Å². The summed E-state index contributed by atoms with van der Waals surface area (Å²) in [5.41, 5.74) is -1.29. The topological polar surface area (TPSA) is 96.9 Å². The highest BCUT2D eigenvalue weighted by Gasteiger charge is 2.28. The second kappa shape index (κ2) is 7.86. The molecule has 0 unspecified atom stereocenters. The summed E-state index contributed by atoms with van der Waals surface area (Å²) in [6.45, 7) is 4.43. The summed E-state index contributed by atoms with van der Waals surface area (Å²) in [5, 5.41) is 13.6. The Bertz CT molecular complexity index is 255. The number of hydrogen-bond donors (Lipinski definition) is 3. The van der Waals surface area contributed by atoms with E-state index in [1.807, 2.05) is 0 Å². The SMILES string of the molecule is COCCOCCNC(=O)NC(C)(C)C(=O)O. The number of hydrogen-bond acceptors (Lipinski definition) is 4. The van der Waals surface area contributed by atoms with Crippen LogP contribution in [-0.4, -0.2) is 56.1 Å². The van der Waals surface area contributed by atoms with Crippen molar-refractivity contribution in [3.8, 4) is 0 Å². The summed E-state index contributed by atoms with van der Waals surface area (Å²) in [7, 11) is 1.57. The Balaban J connectivity index is 3.63. The van der Waals surface area contributed by atoms with Gasteiger partial charge in [-0.25, -0.2) is 9.59 Å². The highest BCUT2D eigenvalue weighted by atomic mass is 16.5.